The Morgan fingerprint density at radius 3 is 2.43 bits per heavy atom. The van der Waals surface area contributed by atoms with Crippen LogP contribution in [0.3, 0.4) is 0 Å². The molecule has 2 amide bonds. The summed E-state index contributed by atoms with van der Waals surface area (Å²) < 4.78 is 18.2. The van der Waals surface area contributed by atoms with Gasteiger partial charge in [0, 0.05) is 31.9 Å². The monoisotopic (exact) mass is 618 g/mol. The maximum atomic E-state index is 14.4. The van der Waals surface area contributed by atoms with E-state index < -0.39 is 6.04 Å². The van der Waals surface area contributed by atoms with Gasteiger partial charge in [0.1, 0.15) is 18.1 Å². The first-order valence-electron chi connectivity index (χ1n) is 15.3. The van der Waals surface area contributed by atoms with E-state index >= 15 is 0 Å². The number of anilines is 1. The number of hydrogen-bond donors (Lipinski definition) is 1. The van der Waals surface area contributed by atoms with Crippen LogP contribution in [0.1, 0.15) is 22.7 Å². The first-order chi connectivity index (χ1) is 22.6. The fourth-order valence-corrected chi connectivity index (χ4v) is 5.86. The van der Waals surface area contributed by atoms with Gasteiger partial charge in [0.15, 0.2) is 11.5 Å². The molecule has 1 fully saturated rings. The van der Waals surface area contributed by atoms with E-state index in [1.54, 1.807) is 9.58 Å². The Morgan fingerprint density at radius 2 is 1.61 bits per heavy atom. The normalized spacial score (nSPS) is 14.7. The molecular formula is C35H34N6O5. The lowest BCUT2D eigenvalue weighted by Crippen LogP contribution is -2.44. The molecule has 11 nitrogen and oxygen atoms in total. The molecule has 0 radical (unpaired) electrons. The fourth-order valence-electron chi connectivity index (χ4n) is 5.86. The summed E-state index contributed by atoms with van der Waals surface area (Å²) >= 11 is 0. The van der Waals surface area contributed by atoms with Gasteiger partial charge in [0.05, 0.1) is 18.7 Å². The number of amides is 2. The van der Waals surface area contributed by atoms with Crippen LogP contribution in [-0.2, 0) is 34.0 Å². The molecular weight excluding hydrogens is 584 g/mol. The maximum Gasteiger partial charge on any atom is 0.247 e. The largest absolute Gasteiger partial charge is 0.454 e. The van der Waals surface area contributed by atoms with Crippen molar-refractivity contribution in [1.82, 2.24) is 25.2 Å². The van der Waals surface area contributed by atoms with E-state index in [-0.39, 0.29) is 31.7 Å². The molecule has 0 spiro atoms. The van der Waals surface area contributed by atoms with Crippen molar-refractivity contribution in [3.63, 3.8) is 0 Å². The van der Waals surface area contributed by atoms with Crippen LogP contribution in [0.2, 0.25) is 0 Å². The number of nitrogens with one attached hydrogen (secondary N) is 1. The summed E-state index contributed by atoms with van der Waals surface area (Å²) in [6.07, 6.45) is 0. The van der Waals surface area contributed by atoms with Crippen LogP contribution < -0.4 is 19.7 Å². The second kappa shape index (κ2) is 13.3. The van der Waals surface area contributed by atoms with Gasteiger partial charge in [-0.05, 0) is 53.1 Å². The van der Waals surface area contributed by atoms with Gasteiger partial charge in [0.25, 0.3) is 0 Å². The molecule has 0 bridgehead atoms. The van der Waals surface area contributed by atoms with Crippen molar-refractivity contribution in [2.75, 3.05) is 38.0 Å². The first kappa shape index (κ1) is 29.3. The van der Waals surface area contributed by atoms with Crippen LogP contribution in [0.15, 0.2) is 97.1 Å². The minimum atomic E-state index is -0.935. The third-order valence-corrected chi connectivity index (χ3v) is 8.27. The molecule has 11 heteroatoms. The standard InChI is InChI=1S/C35H34N6O5/c42-33(23-41-30-9-5-4-8-29(30)37-38-41)40(22-26-10-15-31-32(20-26)46-24-45-31)34(35(43)36-21-25-6-2-1-3-7-25)27-11-13-28(14-12-27)39-16-18-44-19-17-39/h1-15,20,34H,16-19,21-24H2,(H,36,43)/t34-/m0/s1. The molecule has 46 heavy (non-hydrogen) atoms. The van der Waals surface area contributed by atoms with Crippen LogP contribution >= 0.6 is 0 Å². The summed E-state index contributed by atoms with van der Waals surface area (Å²) in [4.78, 5) is 32.5. The molecule has 0 saturated carbocycles. The van der Waals surface area contributed by atoms with Gasteiger partial charge in [-0.15, -0.1) is 5.10 Å². The fraction of sp³-hybridized carbons (Fsp3) is 0.257. The second-order valence-electron chi connectivity index (χ2n) is 11.2. The van der Waals surface area contributed by atoms with Crippen molar-refractivity contribution < 1.29 is 23.8 Å². The Labute approximate surface area is 266 Å². The van der Waals surface area contributed by atoms with E-state index in [0.29, 0.717) is 42.3 Å². The summed E-state index contributed by atoms with van der Waals surface area (Å²) in [6.45, 7) is 3.43. The van der Waals surface area contributed by atoms with Crippen molar-refractivity contribution in [3.8, 4) is 11.5 Å². The Bertz CT molecular complexity index is 1820. The Morgan fingerprint density at radius 1 is 0.848 bits per heavy atom. The van der Waals surface area contributed by atoms with E-state index in [4.69, 9.17) is 14.2 Å². The maximum absolute atomic E-state index is 14.4. The quantitative estimate of drug-likeness (QED) is 0.249. The zero-order valence-corrected chi connectivity index (χ0v) is 25.2. The van der Waals surface area contributed by atoms with Crippen molar-refractivity contribution in [3.05, 3.63) is 114 Å². The van der Waals surface area contributed by atoms with Gasteiger partial charge in [-0.25, -0.2) is 4.68 Å². The molecule has 0 unspecified atom stereocenters. The van der Waals surface area contributed by atoms with Gasteiger partial charge < -0.3 is 29.3 Å². The van der Waals surface area contributed by atoms with Crippen LogP contribution in [0.4, 0.5) is 5.69 Å². The minimum absolute atomic E-state index is 0.0978. The van der Waals surface area contributed by atoms with Crippen molar-refractivity contribution in [1.29, 1.82) is 0 Å². The average molecular weight is 619 g/mol. The summed E-state index contributed by atoms with van der Waals surface area (Å²) in [6, 6.07) is 29.7. The molecule has 3 heterocycles. The molecule has 1 N–H and O–H groups in total. The first-order valence-corrected chi connectivity index (χ1v) is 15.3. The predicted molar refractivity (Wildman–Crippen MR) is 171 cm³/mol. The highest BCUT2D eigenvalue weighted by atomic mass is 16.7. The lowest BCUT2D eigenvalue weighted by Gasteiger charge is -2.33. The van der Waals surface area contributed by atoms with Crippen LogP contribution in [0, 0.1) is 0 Å². The third kappa shape index (κ3) is 6.36. The van der Waals surface area contributed by atoms with Crippen molar-refractivity contribution in [2.24, 2.45) is 0 Å². The predicted octanol–water partition coefficient (Wildman–Crippen LogP) is 4.08. The highest BCUT2D eigenvalue weighted by Crippen LogP contribution is 2.34. The number of ether oxygens (including phenoxy) is 3. The number of para-hydroxylation sites is 1. The van der Waals surface area contributed by atoms with Gasteiger partial charge in [-0.1, -0.05) is 65.9 Å². The van der Waals surface area contributed by atoms with E-state index in [1.165, 1.54) is 0 Å². The number of morpholine rings is 1. The zero-order chi connectivity index (χ0) is 31.3. The number of aromatic nitrogens is 3. The number of fused-ring (bicyclic) bond motifs is 2. The van der Waals surface area contributed by atoms with Crippen molar-refractivity contribution in [2.45, 2.75) is 25.7 Å². The molecule has 7 rings (SSSR count). The van der Waals surface area contributed by atoms with Crippen LogP contribution in [0.5, 0.6) is 11.5 Å². The molecule has 0 aliphatic carbocycles. The molecule has 1 saturated heterocycles. The van der Waals surface area contributed by atoms with Gasteiger partial charge in [-0.2, -0.15) is 0 Å². The lowest BCUT2D eigenvalue weighted by atomic mass is 10.0. The summed E-state index contributed by atoms with van der Waals surface area (Å²) in [5.74, 6) is 0.671. The Balaban J connectivity index is 1.25. The molecule has 2 aliphatic rings. The highest BCUT2D eigenvalue weighted by Gasteiger charge is 2.33. The number of carbonyl (C=O) groups excluding carboxylic acids is 2. The molecule has 1 atom stereocenters. The SMILES string of the molecule is O=C(NCc1ccccc1)[C@H](c1ccc(N2CCOCC2)cc1)N(Cc1ccc2c(c1)OCO2)C(=O)Cn1nnc2ccccc21. The van der Waals surface area contributed by atoms with Gasteiger partial charge >= 0.3 is 0 Å². The molecule has 5 aromatic rings. The third-order valence-electron chi connectivity index (χ3n) is 8.27. The lowest BCUT2D eigenvalue weighted by molar-refractivity contribution is -0.142. The summed E-state index contributed by atoms with van der Waals surface area (Å²) in [7, 11) is 0. The van der Waals surface area contributed by atoms with Gasteiger partial charge in [-0.3, -0.25) is 9.59 Å². The van der Waals surface area contributed by atoms with Crippen LogP contribution in [-0.4, -0.2) is 64.8 Å². The molecule has 4 aromatic carbocycles. The smallest absolute Gasteiger partial charge is 0.247 e. The topological polar surface area (TPSA) is 111 Å². The van der Waals surface area contributed by atoms with E-state index in [0.717, 1.165) is 35.4 Å². The zero-order valence-electron chi connectivity index (χ0n) is 25.2. The Hall–Kier alpha value is -5.42. The van der Waals surface area contributed by atoms with Crippen molar-refractivity contribution >= 4 is 28.5 Å². The number of hydrogen-bond acceptors (Lipinski definition) is 8. The van der Waals surface area contributed by atoms with Crippen LogP contribution in [0.25, 0.3) is 11.0 Å². The van der Waals surface area contributed by atoms with E-state index in [1.807, 2.05) is 97.1 Å². The molecule has 2 aliphatic heterocycles. The highest BCUT2D eigenvalue weighted by molar-refractivity contribution is 5.89. The molecule has 1 aromatic heterocycles. The van der Waals surface area contributed by atoms with E-state index in [2.05, 4.69) is 20.5 Å². The van der Waals surface area contributed by atoms with E-state index in [9.17, 15) is 9.59 Å². The summed E-state index contributed by atoms with van der Waals surface area (Å²) in [5.41, 5.74) is 4.91. The summed E-state index contributed by atoms with van der Waals surface area (Å²) in [5, 5.41) is 11.6. The number of carbonyl (C=O) groups is 2. The minimum Gasteiger partial charge on any atom is -0.454 e. The molecule has 234 valence electrons. The number of nitrogens with zero attached hydrogens (tertiary/aromatic N) is 5. The Kier molecular flexibility index (Phi) is 8.46. The van der Waals surface area contributed by atoms with Gasteiger partial charge in [0.2, 0.25) is 18.6 Å². The second-order valence-corrected chi connectivity index (χ2v) is 11.2. The number of benzene rings is 4. The average Bonchev–Trinajstić information content (AvgIpc) is 3.75. The number of rotatable bonds is 10.